The second-order valence-corrected chi connectivity index (χ2v) is 8.41. The van der Waals surface area contributed by atoms with Gasteiger partial charge in [-0.1, -0.05) is 49.4 Å². The molecule has 1 N–H and O–H groups in total. The molecule has 1 atom stereocenters. The van der Waals surface area contributed by atoms with Crippen molar-refractivity contribution in [3.63, 3.8) is 0 Å². The summed E-state index contributed by atoms with van der Waals surface area (Å²) in [5.41, 5.74) is 5.56. The van der Waals surface area contributed by atoms with E-state index < -0.39 is 0 Å². The van der Waals surface area contributed by atoms with Crippen molar-refractivity contribution in [2.45, 2.75) is 25.6 Å². The topological polar surface area (TPSA) is 49.4 Å². The number of thioether (sulfide) groups is 1. The molecular weight excluding hydrogens is 392 g/mol. The normalized spacial score (nSPS) is 16.0. The van der Waals surface area contributed by atoms with Crippen LogP contribution < -0.4 is 10.2 Å². The van der Waals surface area contributed by atoms with Crippen LogP contribution in [0.15, 0.2) is 72.8 Å². The van der Waals surface area contributed by atoms with Gasteiger partial charge in [0.2, 0.25) is 5.91 Å². The molecule has 1 saturated heterocycles. The maximum Gasteiger partial charge on any atom is 0.255 e. The average Bonchev–Trinajstić information content (AvgIpc) is 3.16. The van der Waals surface area contributed by atoms with Crippen LogP contribution in [-0.4, -0.2) is 17.6 Å². The fraction of sp³-hybridized carbons (Fsp3) is 0.200. The van der Waals surface area contributed by atoms with Gasteiger partial charge < -0.3 is 5.32 Å². The van der Waals surface area contributed by atoms with E-state index in [1.807, 2.05) is 72.5 Å². The summed E-state index contributed by atoms with van der Waals surface area (Å²) in [5, 5.41) is 2.89. The fourth-order valence-corrected chi connectivity index (χ4v) is 4.78. The highest BCUT2D eigenvalue weighted by Crippen LogP contribution is 2.42. The van der Waals surface area contributed by atoms with Crippen molar-refractivity contribution in [1.29, 1.82) is 0 Å². The number of carbonyl (C=O) groups excluding carboxylic acids is 2. The van der Waals surface area contributed by atoms with E-state index >= 15 is 0 Å². The van der Waals surface area contributed by atoms with Crippen LogP contribution in [0.25, 0.3) is 0 Å². The molecule has 0 radical (unpaired) electrons. The SMILES string of the molecule is CCc1ccc(N2C(=O)CSC2c2ccc(NC(=O)c3ccccc3C)cc2)cc1. The number of nitrogens with one attached hydrogen (secondary N) is 1. The molecule has 4 rings (SSSR count). The Hall–Kier alpha value is -3.05. The summed E-state index contributed by atoms with van der Waals surface area (Å²) >= 11 is 1.62. The fourth-order valence-electron chi connectivity index (χ4n) is 3.60. The molecule has 3 aromatic carbocycles. The predicted octanol–water partition coefficient (Wildman–Crippen LogP) is 5.59. The molecule has 2 amide bonds. The second kappa shape index (κ2) is 8.76. The zero-order chi connectivity index (χ0) is 21.1. The molecule has 0 spiro atoms. The molecule has 30 heavy (non-hydrogen) atoms. The highest BCUT2D eigenvalue weighted by atomic mass is 32.2. The summed E-state index contributed by atoms with van der Waals surface area (Å²) in [6, 6.07) is 23.5. The molecule has 1 aliphatic rings. The summed E-state index contributed by atoms with van der Waals surface area (Å²) < 4.78 is 0. The molecular formula is C25H24N2O2S. The van der Waals surface area contributed by atoms with Gasteiger partial charge in [-0.05, 0) is 60.4 Å². The van der Waals surface area contributed by atoms with E-state index in [0.717, 1.165) is 28.9 Å². The number of nitrogens with zero attached hydrogens (tertiary/aromatic N) is 1. The van der Waals surface area contributed by atoms with Crippen LogP contribution in [-0.2, 0) is 11.2 Å². The van der Waals surface area contributed by atoms with Crippen molar-refractivity contribution in [3.05, 3.63) is 95.1 Å². The molecule has 1 unspecified atom stereocenters. The van der Waals surface area contributed by atoms with E-state index in [9.17, 15) is 9.59 Å². The summed E-state index contributed by atoms with van der Waals surface area (Å²) in [5.74, 6) is 0.460. The number of rotatable bonds is 5. The summed E-state index contributed by atoms with van der Waals surface area (Å²) in [6.07, 6.45) is 0.974. The average molecular weight is 417 g/mol. The van der Waals surface area contributed by atoms with E-state index in [4.69, 9.17) is 0 Å². The van der Waals surface area contributed by atoms with Gasteiger partial charge in [0, 0.05) is 16.9 Å². The van der Waals surface area contributed by atoms with Gasteiger partial charge in [0.05, 0.1) is 5.75 Å². The first-order valence-corrected chi connectivity index (χ1v) is 11.1. The van der Waals surface area contributed by atoms with Crippen LogP contribution in [0.2, 0.25) is 0 Å². The first kappa shape index (κ1) is 20.2. The van der Waals surface area contributed by atoms with Gasteiger partial charge in [-0.2, -0.15) is 0 Å². The lowest BCUT2D eigenvalue weighted by Crippen LogP contribution is -2.27. The standard InChI is InChI=1S/C25H24N2O2S/c1-3-18-8-14-21(15-9-18)27-23(28)16-30-25(27)19-10-12-20(13-11-19)26-24(29)22-7-5-4-6-17(22)2/h4-15,25H,3,16H2,1-2H3,(H,26,29). The van der Waals surface area contributed by atoms with E-state index in [2.05, 4.69) is 24.4 Å². The molecule has 0 aromatic heterocycles. The number of aryl methyl sites for hydroxylation is 2. The zero-order valence-electron chi connectivity index (χ0n) is 17.1. The smallest absolute Gasteiger partial charge is 0.255 e. The highest BCUT2D eigenvalue weighted by molar-refractivity contribution is 8.00. The van der Waals surface area contributed by atoms with Crippen molar-refractivity contribution < 1.29 is 9.59 Å². The van der Waals surface area contributed by atoms with Crippen molar-refractivity contribution in [2.24, 2.45) is 0 Å². The highest BCUT2D eigenvalue weighted by Gasteiger charge is 2.33. The molecule has 0 aliphatic carbocycles. The van der Waals surface area contributed by atoms with Gasteiger partial charge in [-0.25, -0.2) is 0 Å². The Morgan fingerprint density at radius 3 is 2.40 bits per heavy atom. The minimum Gasteiger partial charge on any atom is -0.322 e. The maximum atomic E-state index is 12.6. The molecule has 1 aliphatic heterocycles. The molecule has 152 valence electrons. The molecule has 0 bridgehead atoms. The van der Waals surface area contributed by atoms with E-state index in [0.29, 0.717) is 11.3 Å². The molecule has 3 aromatic rings. The van der Waals surface area contributed by atoms with Crippen LogP contribution in [0.5, 0.6) is 0 Å². The summed E-state index contributed by atoms with van der Waals surface area (Å²) in [7, 11) is 0. The van der Waals surface area contributed by atoms with Crippen LogP contribution in [0.4, 0.5) is 11.4 Å². The molecule has 4 nitrogen and oxygen atoms in total. The minimum atomic E-state index is -0.121. The Morgan fingerprint density at radius 2 is 1.73 bits per heavy atom. The Kier molecular flexibility index (Phi) is 5.91. The van der Waals surface area contributed by atoms with Crippen LogP contribution >= 0.6 is 11.8 Å². The van der Waals surface area contributed by atoms with Crippen molar-refractivity contribution >= 4 is 35.0 Å². The number of anilines is 2. The Labute approximate surface area is 181 Å². The zero-order valence-corrected chi connectivity index (χ0v) is 17.9. The van der Waals surface area contributed by atoms with E-state index in [-0.39, 0.29) is 17.2 Å². The van der Waals surface area contributed by atoms with Gasteiger partial charge in [0.15, 0.2) is 0 Å². The second-order valence-electron chi connectivity index (χ2n) is 7.34. The lowest BCUT2D eigenvalue weighted by Gasteiger charge is -2.24. The van der Waals surface area contributed by atoms with E-state index in [1.54, 1.807) is 11.8 Å². The quantitative estimate of drug-likeness (QED) is 0.590. The molecule has 0 saturated carbocycles. The van der Waals surface area contributed by atoms with Crippen LogP contribution in [0, 0.1) is 6.92 Å². The third-order valence-corrected chi connectivity index (χ3v) is 6.55. The Morgan fingerprint density at radius 1 is 1.03 bits per heavy atom. The molecule has 5 heteroatoms. The van der Waals surface area contributed by atoms with Crippen LogP contribution in [0.1, 0.15) is 39.3 Å². The first-order chi connectivity index (χ1) is 14.6. The predicted molar refractivity (Wildman–Crippen MR) is 124 cm³/mol. The summed E-state index contributed by atoms with van der Waals surface area (Å²) in [4.78, 5) is 27.0. The van der Waals surface area contributed by atoms with Gasteiger partial charge >= 0.3 is 0 Å². The van der Waals surface area contributed by atoms with Crippen molar-refractivity contribution in [2.75, 3.05) is 16.0 Å². The number of hydrogen-bond donors (Lipinski definition) is 1. The third-order valence-electron chi connectivity index (χ3n) is 5.33. The number of benzene rings is 3. The van der Waals surface area contributed by atoms with Gasteiger partial charge in [0.25, 0.3) is 5.91 Å². The summed E-state index contributed by atoms with van der Waals surface area (Å²) in [6.45, 7) is 4.04. The molecule has 1 fully saturated rings. The van der Waals surface area contributed by atoms with Gasteiger partial charge in [0.1, 0.15) is 5.37 Å². The lowest BCUT2D eigenvalue weighted by molar-refractivity contribution is -0.115. The Bertz CT molecular complexity index is 1060. The van der Waals surface area contributed by atoms with Gasteiger partial charge in [-0.15, -0.1) is 11.8 Å². The lowest BCUT2D eigenvalue weighted by atomic mass is 10.1. The van der Waals surface area contributed by atoms with Crippen LogP contribution in [0.3, 0.4) is 0 Å². The van der Waals surface area contributed by atoms with Crippen molar-refractivity contribution in [1.82, 2.24) is 0 Å². The van der Waals surface area contributed by atoms with Crippen molar-refractivity contribution in [3.8, 4) is 0 Å². The molecule has 1 heterocycles. The monoisotopic (exact) mass is 416 g/mol. The third kappa shape index (κ3) is 4.12. The van der Waals surface area contributed by atoms with E-state index in [1.165, 1.54) is 5.56 Å². The van der Waals surface area contributed by atoms with Gasteiger partial charge in [-0.3, -0.25) is 14.5 Å². The largest absolute Gasteiger partial charge is 0.322 e. The number of amides is 2. The minimum absolute atomic E-state index is 0.0638. The maximum absolute atomic E-state index is 12.6. The number of hydrogen-bond acceptors (Lipinski definition) is 3. The first-order valence-electron chi connectivity index (χ1n) is 10.1. The number of carbonyl (C=O) groups is 2. The Balaban J connectivity index is 1.52.